The molecule has 3 atom stereocenters. The molecule has 0 amide bonds. The van der Waals surface area contributed by atoms with Crippen LogP contribution in [0.1, 0.15) is 20.8 Å². The molecule has 3 rings (SSSR count). The third-order valence-corrected chi connectivity index (χ3v) is 3.52. The molecule has 3 aliphatic rings. The summed E-state index contributed by atoms with van der Waals surface area (Å²) in [6.45, 7) is 5.61. The molecule has 0 radical (unpaired) electrons. The molecule has 13 heavy (non-hydrogen) atoms. The van der Waals surface area contributed by atoms with Crippen LogP contribution in [0.3, 0.4) is 0 Å². The van der Waals surface area contributed by atoms with Crippen molar-refractivity contribution in [1.29, 1.82) is 0 Å². The van der Waals surface area contributed by atoms with Crippen LogP contribution in [0.4, 0.5) is 0 Å². The van der Waals surface area contributed by atoms with Gasteiger partial charge in [-0.1, -0.05) is 32.9 Å². The van der Waals surface area contributed by atoms with Gasteiger partial charge in [-0.3, -0.25) is 9.59 Å². The van der Waals surface area contributed by atoms with E-state index in [1.165, 1.54) is 0 Å². The van der Waals surface area contributed by atoms with Crippen molar-refractivity contribution in [3.8, 4) is 0 Å². The smallest absolute Gasteiger partial charge is 0.147 e. The Labute approximate surface area is 78.0 Å². The lowest BCUT2D eigenvalue weighted by Gasteiger charge is -2.44. The molecule has 2 bridgehead atoms. The molecule has 0 spiro atoms. The lowest BCUT2D eigenvalue weighted by molar-refractivity contribution is -0.149. The number of allylic oxidation sites excluding steroid dienone is 2. The van der Waals surface area contributed by atoms with Crippen LogP contribution < -0.4 is 0 Å². The Morgan fingerprint density at radius 2 is 1.85 bits per heavy atom. The second-order valence-corrected chi connectivity index (χ2v) is 4.67. The molecular formula is C11H14O2. The van der Waals surface area contributed by atoms with Crippen molar-refractivity contribution >= 4 is 11.6 Å². The van der Waals surface area contributed by atoms with Gasteiger partial charge in [-0.15, -0.1) is 0 Å². The lowest BCUT2D eigenvalue weighted by Crippen LogP contribution is -2.53. The summed E-state index contributed by atoms with van der Waals surface area (Å²) in [5.41, 5.74) is -0.469. The molecule has 1 fully saturated rings. The fraction of sp³-hybridized carbons (Fsp3) is 0.636. The van der Waals surface area contributed by atoms with Gasteiger partial charge in [0.05, 0.1) is 0 Å². The van der Waals surface area contributed by atoms with Gasteiger partial charge in [0.1, 0.15) is 11.6 Å². The zero-order valence-corrected chi connectivity index (χ0v) is 8.20. The van der Waals surface area contributed by atoms with Crippen LogP contribution >= 0.6 is 0 Å². The van der Waals surface area contributed by atoms with Crippen molar-refractivity contribution in [2.75, 3.05) is 0 Å². The van der Waals surface area contributed by atoms with Crippen LogP contribution in [0, 0.1) is 23.2 Å². The third-order valence-electron chi connectivity index (χ3n) is 3.52. The van der Waals surface area contributed by atoms with Crippen LogP contribution in [-0.4, -0.2) is 11.6 Å². The van der Waals surface area contributed by atoms with Crippen molar-refractivity contribution in [3.05, 3.63) is 12.2 Å². The predicted octanol–water partition coefficient (Wildman–Crippen LogP) is 1.60. The van der Waals surface area contributed by atoms with Gasteiger partial charge in [0.2, 0.25) is 0 Å². The Kier molecular flexibility index (Phi) is 1.54. The molecule has 1 saturated carbocycles. The maximum atomic E-state index is 11.9. The van der Waals surface area contributed by atoms with Crippen molar-refractivity contribution in [1.82, 2.24) is 0 Å². The molecule has 0 aromatic rings. The molecular weight excluding hydrogens is 164 g/mol. The van der Waals surface area contributed by atoms with Gasteiger partial charge in [0.25, 0.3) is 0 Å². The monoisotopic (exact) mass is 178 g/mol. The Morgan fingerprint density at radius 3 is 2.38 bits per heavy atom. The topological polar surface area (TPSA) is 34.1 Å². The highest BCUT2D eigenvalue weighted by atomic mass is 16.1. The predicted molar refractivity (Wildman–Crippen MR) is 49.1 cm³/mol. The van der Waals surface area contributed by atoms with Gasteiger partial charge in [0.15, 0.2) is 0 Å². The van der Waals surface area contributed by atoms with E-state index in [0.717, 1.165) is 0 Å². The highest BCUT2D eigenvalue weighted by Crippen LogP contribution is 2.46. The van der Waals surface area contributed by atoms with Crippen molar-refractivity contribution in [2.24, 2.45) is 23.2 Å². The summed E-state index contributed by atoms with van der Waals surface area (Å²) < 4.78 is 0. The number of ketones is 2. The van der Waals surface area contributed by atoms with E-state index in [0.29, 0.717) is 0 Å². The maximum absolute atomic E-state index is 11.9. The first kappa shape index (κ1) is 8.67. The third kappa shape index (κ3) is 0.888. The Balaban J connectivity index is 2.52. The molecule has 3 aliphatic carbocycles. The highest BCUT2D eigenvalue weighted by Gasteiger charge is 2.53. The van der Waals surface area contributed by atoms with Crippen LogP contribution in [0.15, 0.2) is 12.2 Å². The molecule has 0 aromatic carbocycles. The largest absolute Gasteiger partial charge is 0.299 e. The summed E-state index contributed by atoms with van der Waals surface area (Å²) in [6, 6.07) is 0. The van der Waals surface area contributed by atoms with Crippen molar-refractivity contribution in [2.45, 2.75) is 20.8 Å². The normalized spacial score (nSPS) is 41.3. The minimum atomic E-state index is -0.469. The van der Waals surface area contributed by atoms with Crippen molar-refractivity contribution in [3.63, 3.8) is 0 Å². The zero-order chi connectivity index (χ0) is 9.80. The number of Topliss-reactive ketones (excluding diaryl/α,β-unsaturated/α-hetero) is 2. The van der Waals surface area contributed by atoms with E-state index in [2.05, 4.69) is 0 Å². The SMILES string of the molecule is C[C@H]1C(=O)[C@H]2C=C[C@@H]1C(=O)C2(C)C. The van der Waals surface area contributed by atoms with Crippen LogP contribution in [-0.2, 0) is 9.59 Å². The molecule has 0 aromatic heterocycles. The standard InChI is InChI=1S/C11H14O2/c1-6-7-4-5-8(9(6)12)11(2,3)10(7)13/h4-8H,1-3H3/t6-,7+,8-/m1/s1. The number of carbonyl (C=O) groups excluding carboxylic acids is 2. The number of fused-ring (bicyclic) bond motifs is 2. The average molecular weight is 178 g/mol. The molecule has 0 heterocycles. The summed E-state index contributed by atoms with van der Waals surface area (Å²) in [4.78, 5) is 23.6. The Bertz CT molecular complexity index is 312. The molecule has 70 valence electrons. The van der Waals surface area contributed by atoms with Gasteiger partial charge >= 0.3 is 0 Å². The maximum Gasteiger partial charge on any atom is 0.147 e. The summed E-state index contributed by atoms with van der Waals surface area (Å²) in [5.74, 6) is 0.0206. The lowest BCUT2D eigenvalue weighted by atomic mass is 9.56. The van der Waals surface area contributed by atoms with Gasteiger partial charge in [-0.2, -0.15) is 0 Å². The number of hydrogen-bond donors (Lipinski definition) is 0. The first-order chi connectivity index (χ1) is 5.96. The number of rotatable bonds is 0. The van der Waals surface area contributed by atoms with E-state index in [4.69, 9.17) is 0 Å². The quantitative estimate of drug-likeness (QED) is 0.528. The molecule has 2 nitrogen and oxygen atoms in total. The molecule has 0 N–H and O–H groups in total. The summed E-state index contributed by atoms with van der Waals surface area (Å²) in [7, 11) is 0. The summed E-state index contributed by atoms with van der Waals surface area (Å²) in [5, 5.41) is 0. The number of carbonyl (C=O) groups is 2. The minimum Gasteiger partial charge on any atom is -0.299 e. The molecule has 0 aliphatic heterocycles. The summed E-state index contributed by atoms with van der Waals surface area (Å²) in [6.07, 6.45) is 3.82. The van der Waals surface area contributed by atoms with E-state index in [9.17, 15) is 9.59 Å². The average Bonchev–Trinajstić information content (AvgIpc) is 2.06. The molecule has 0 unspecified atom stereocenters. The van der Waals surface area contributed by atoms with Gasteiger partial charge < -0.3 is 0 Å². The van der Waals surface area contributed by atoms with Gasteiger partial charge in [0, 0.05) is 23.2 Å². The molecule has 2 heteroatoms. The first-order valence-corrected chi connectivity index (χ1v) is 4.72. The Morgan fingerprint density at radius 1 is 1.23 bits per heavy atom. The summed E-state index contributed by atoms with van der Waals surface area (Å²) >= 11 is 0. The highest BCUT2D eigenvalue weighted by molar-refractivity contribution is 6.04. The first-order valence-electron chi connectivity index (χ1n) is 4.72. The van der Waals surface area contributed by atoms with Crippen LogP contribution in [0.25, 0.3) is 0 Å². The van der Waals surface area contributed by atoms with Gasteiger partial charge in [-0.05, 0) is 0 Å². The fourth-order valence-corrected chi connectivity index (χ4v) is 2.45. The number of hydrogen-bond acceptors (Lipinski definition) is 2. The zero-order valence-electron chi connectivity index (χ0n) is 8.20. The van der Waals surface area contributed by atoms with E-state index in [-0.39, 0.29) is 29.3 Å². The van der Waals surface area contributed by atoms with E-state index >= 15 is 0 Å². The van der Waals surface area contributed by atoms with Crippen LogP contribution in [0.2, 0.25) is 0 Å². The Hall–Kier alpha value is -0.920. The minimum absolute atomic E-state index is 0.101. The van der Waals surface area contributed by atoms with E-state index in [1.807, 2.05) is 32.9 Å². The second-order valence-electron chi connectivity index (χ2n) is 4.67. The molecule has 0 saturated heterocycles. The van der Waals surface area contributed by atoms with Crippen molar-refractivity contribution < 1.29 is 9.59 Å². The van der Waals surface area contributed by atoms with E-state index in [1.54, 1.807) is 0 Å². The van der Waals surface area contributed by atoms with Gasteiger partial charge in [-0.25, -0.2) is 0 Å². The van der Waals surface area contributed by atoms with E-state index < -0.39 is 5.41 Å². The van der Waals surface area contributed by atoms with Crippen LogP contribution in [0.5, 0.6) is 0 Å². The second kappa shape index (κ2) is 2.31. The fourth-order valence-electron chi connectivity index (χ4n) is 2.45.